The molecule has 0 aliphatic heterocycles. The fraction of sp³-hybridized carbons (Fsp3) is 0.588. The van der Waals surface area contributed by atoms with E-state index in [9.17, 15) is 4.79 Å². The molecule has 3 nitrogen and oxygen atoms in total. The van der Waals surface area contributed by atoms with Gasteiger partial charge in [0.05, 0.1) is 13.0 Å². The molecule has 0 saturated heterocycles. The van der Waals surface area contributed by atoms with Gasteiger partial charge in [0.25, 0.3) is 0 Å². The molecule has 0 aromatic heterocycles. The average Bonchev–Trinajstić information content (AvgIpc) is 2.40. The van der Waals surface area contributed by atoms with Crippen LogP contribution in [-0.2, 0) is 16.1 Å². The van der Waals surface area contributed by atoms with Gasteiger partial charge in [0.1, 0.15) is 0 Å². The number of hydrogen-bond donors (Lipinski definition) is 0. The highest BCUT2D eigenvalue weighted by Gasteiger charge is 2.17. The molecule has 118 valence electrons. The Bertz CT molecular complexity index is 446. The van der Waals surface area contributed by atoms with E-state index >= 15 is 0 Å². The van der Waals surface area contributed by atoms with Crippen LogP contribution in [0.25, 0.3) is 0 Å². The summed E-state index contributed by atoms with van der Waals surface area (Å²) in [7, 11) is 0. The number of halogens is 1. The van der Waals surface area contributed by atoms with Crippen LogP contribution < -0.4 is 0 Å². The fourth-order valence-electron chi connectivity index (χ4n) is 2.01. The van der Waals surface area contributed by atoms with E-state index in [1.807, 2.05) is 43.0 Å². The number of carbonyl (C=O) groups excluding carboxylic acids is 1. The molecule has 0 aliphatic rings. The molecular formula is C17H26ClNO2. The highest BCUT2D eigenvalue weighted by Crippen LogP contribution is 2.15. The second kappa shape index (κ2) is 9.06. The molecule has 1 aromatic carbocycles. The van der Waals surface area contributed by atoms with E-state index in [1.165, 1.54) is 0 Å². The summed E-state index contributed by atoms with van der Waals surface area (Å²) in [5.74, 6) is 0.612. The first-order chi connectivity index (χ1) is 9.90. The van der Waals surface area contributed by atoms with Gasteiger partial charge in [0, 0.05) is 24.2 Å². The minimum atomic E-state index is 0.119. The van der Waals surface area contributed by atoms with Crippen LogP contribution in [-0.4, -0.2) is 30.1 Å². The maximum atomic E-state index is 12.3. The summed E-state index contributed by atoms with van der Waals surface area (Å²) >= 11 is 6.00. The minimum absolute atomic E-state index is 0.119. The van der Waals surface area contributed by atoms with Crippen molar-refractivity contribution in [2.45, 2.75) is 46.7 Å². The smallest absolute Gasteiger partial charge is 0.225 e. The zero-order valence-corrected chi connectivity index (χ0v) is 14.2. The number of nitrogens with zero attached hydrogens (tertiary/aromatic N) is 1. The topological polar surface area (TPSA) is 29.5 Å². The van der Waals surface area contributed by atoms with Crippen molar-refractivity contribution >= 4 is 17.5 Å². The molecule has 0 bridgehead atoms. The summed E-state index contributed by atoms with van der Waals surface area (Å²) in [5, 5.41) is 0.698. The third kappa shape index (κ3) is 6.96. The molecule has 0 unspecified atom stereocenters. The first-order valence-corrected chi connectivity index (χ1v) is 7.89. The van der Waals surface area contributed by atoms with Crippen LogP contribution in [0.4, 0.5) is 0 Å². The summed E-state index contributed by atoms with van der Waals surface area (Å²) < 4.78 is 5.50. The van der Waals surface area contributed by atoms with Crippen LogP contribution in [0.3, 0.4) is 0 Å². The molecule has 0 aliphatic carbocycles. The lowest BCUT2D eigenvalue weighted by atomic mass is 10.1. The van der Waals surface area contributed by atoms with Gasteiger partial charge in [0.2, 0.25) is 5.91 Å². The Morgan fingerprint density at radius 1 is 1.29 bits per heavy atom. The summed E-state index contributed by atoms with van der Waals surface area (Å²) in [6.07, 6.45) is 0.422. The molecule has 0 spiro atoms. The maximum absolute atomic E-state index is 12.3. The molecule has 0 fully saturated rings. The Labute approximate surface area is 133 Å². The molecule has 1 rings (SSSR count). The number of hydrogen-bond acceptors (Lipinski definition) is 2. The highest BCUT2D eigenvalue weighted by atomic mass is 35.5. The quantitative estimate of drug-likeness (QED) is 0.675. The monoisotopic (exact) mass is 311 g/mol. The van der Waals surface area contributed by atoms with Crippen molar-refractivity contribution in [3.8, 4) is 0 Å². The van der Waals surface area contributed by atoms with Crippen molar-refractivity contribution in [3.05, 3.63) is 34.9 Å². The summed E-state index contributed by atoms with van der Waals surface area (Å²) in [4.78, 5) is 14.2. The normalized spacial score (nSPS) is 11.2. The Balaban J connectivity index is 2.54. The van der Waals surface area contributed by atoms with Gasteiger partial charge in [-0.1, -0.05) is 37.6 Å². The van der Waals surface area contributed by atoms with Crippen LogP contribution in [0.2, 0.25) is 5.02 Å². The second-order valence-electron chi connectivity index (χ2n) is 5.96. The van der Waals surface area contributed by atoms with Gasteiger partial charge in [-0.2, -0.15) is 0 Å². The molecule has 21 heavy (non-hydrogen) atoms. The Kier molecular flexibility index (Phi) is 7.76. The Morgan fingerprint density at radius 2 is 2.00 bits per heavy atom. The SMILES string of the molecule is CC(C)COCCC(=O)N(Cc1cccc(Cl)c1)C(C)C. The lowest BCUT2D eigenvalue weighted by Gasteiger charge is -2.27. The zero-order valence-electron chi connectivity index (χ0n) is 13.4. The predicted molar refractivity (Wildman–Crippen MR) is 87.4 cm³/mol. The molecule has 0 radical (unpaired) electrons. The molecule has 0 heterocycles. The molecule has 0 saturated carbocycles. The number of carbonyl (C=O) groups is 1. The van der Waals surface area contributed by atoms with Crippen molar-refractivity contribution < 1.29 is 9.53 Å². The fourth-order valence-corrected chi connectivity index (χ4v) is 2.23. The van der Waals surface area contributed by atoms with Gasteiger partial charge < -0.3 is 9.64 Å². The van der Waals surface area contributed by atoms with E-state index in [2.05, 4.69) is 13.8 Å². The van der Waals surface area contributed by atoms with Gasteiger partial charge in [-0.25, -0.2) is 0 Å². The third-order valence-electron chi connectivity index (χ3n) is 3.10. The second-order valence-corrected chi connectivity index (χ2v) is 6.40. The van der Waals surface area contributed by atoms with Crippen LogP contribution in [0, 0.1) is 5.92 Å². The maximum Gasteiger partial charge on any atom is 0.225 e. The van der Waals surface area contributed by atoms with Crippen molar-refractivity contribution in [2.24, 2.45) is 5.92 Å². The molecule has 4 heteroatoms. The Hall–Kier alpha value is -1.06. The summed E-state index contributed by atoms with van der Waals surface area (Å²) in [6.45, 7) is 10.0. The van der Waals surface area contributed by atoms with Crippen LogP contribution in [0.15, 0.2) is 24.3 Å². The number of benzene rings is 1. The van der Waals surface area contributed by atoms with Crippen molar-refractivity contribution in [2.75, 3.05) is 13.2 Å². The van der Waals surface area contributed by atoms with E-state index in [0.29, 0.717) is 37.1 Å². The van der Waals surface area contributed by atoms with E-state index in [1.54, 1.807) is 0 Å². The lowest BCUT2D eigenvalue weighted by Crippen LogP contribution is -2.36. The summed E-state index contributed by atoms with van der Waals surface area (Å²) in [5.41, 5.74) is 1.05. The van der Waals surface area contributed by atoms with Gasteiger partial charge in [-0.15, -0.1) is 0 Å². The van der Waals surface area contributed by atoms with Crippen LogP contribution in [0.5, 0.6) is 0 Å². The lowest BCUT2D eigenvalue weighted by molar-refractivity contribution is -0.134. The van der Waals surface area contributed by atoms with Crippen molar-refractivity contribution in [1.29, 1.82) is 0 Å². The molecule has 1 aromatic rings. The number of amides is 1. The molecule has 1 amide bonds. The van der Waals surface area contributed by atoms with Gasteiger partial charge in [-0.3, -0.25) is 4.79 Å². The third-order valence-corrected chi connectivity index (χ3v) is 3.33. The standard InChI is InChI=1S/C17H26ClNO2/c1-13(2)12-21-9-8-17(20)19(14(3)4)11-15-6-5-7-16(18)10-15/h5-7,10,13-14H,8-9,11-12H2,1-4H3. The van der Waals surface area contributed by atoms with Crippen LogP contribution >= 0.6 is 11.6 Å². The van der Waals surface area contributed by atoms with E-state index in [4.69, 9.17) is 16.3 Å². The Morgan fingerprint density at radius 3 is 2.57 bits per heavy atom. The largest absolute Gasteiger partial charge is 0.381 e. The predicted octanol–water partition coefficient (Wildman–Crippen LogP) is 4.14. The number of ether oxygens (including phenoxy) is 1. The zero-order chi connectivity index (χ0) is 15.8. The first kappa shape index (κ1) is 18.0. The highest BCUT2D eigenvalue weighted by molar-refractivity contribution is 6.30. The van der Waals surface area contributed by atoms with Gasteiger partial charge >= 0.3 is 0 Å². The average molecular weight is 312 g/mol. The van der Waals surface area contributed by atoms with Crippen molar-refractivity contribution in [1.82, 2.24) is 4.90 Å². The minimum Gasteiger partial charge on any atom is -0.381 e. The number of rotatable bonds is 8. The van der Waals surface area contributed by atoms with E-state index in [-0.39, 0.29) is 11.9 Å². The molecule has 0 atom stereocenters. The summed E-state index contributed by atoms with van der Waals surface area (Å²) in [6, 6.07) is 7.80. The van der Waals surface area contributed by atoms with E-state index in [0.717, 1.165) is 5.56 Å². The molecule has 0 N–H and O–H groups in total. The first-order valence-electron chi connectivity index (χ1n) is 7.51. The van der Waals surface area contributed by atoms with Crippen molar-refractivity contribution in [3.63, 3.8) is 0 Å². The molecular weight excluding hydrogens is 286 g/mol. The van der Waals surface area contributed by atoms with Crippen LogP contribution in [0.1, 0.15) is 39.7 Å². The van der Waals surface area contributed by atoms with E-state index < -0.39 is 0 Å². The van der Waals surface area contributed by atoms with Gasteiger partial charge in [-0.05, 0) is 37.5 Å². The van der Waals surface area contributed by atoms with Gasteiger partial charge in [0.15, 0.2) is 0 Å².